The van der Waals surface area contributed by atoms with Crippen molar-refractivity contribution in [3.63, 3.8) is 0 Å². The predicted octanol–water partition coefficient (Wildman–Crippen LogP) is 3.59. The van der Waals surface area contributed by atoms with Crippen LogP contribution < -0.4 is 5.32 Å². The van der Waals surface area contributed by atoms with Gasteiger partial charge in [0, 0.05) is 35.8 Å². The summed E-state index contributed by atoms with van der Waals surface area (Å²) in [5.74, 6) is 0.00464. The molecule has 5 heteroatoms. The summed E-state index contributed by atoms with van der Waals surface area (Å²) in [5.41, 5.74) is 3.03. The van der Waals surface area contributed by atoms with Crippen LogP contribution in [0, 0.1) is 6.92 Å². The number of amides is 1. The van der Waals surface area contributed by atoms with Gasteiger partial charge in [0.1, 0.15) is 0 Å². The highest BCUT2D eigenvalue weighted by atomic mass is 35.5. The van der Waals surface area contributed by atoms with Gasteiger partial charge in [-0.1, -0.05) is 41.4 Å². The van der Waals surface area contributed by atoms with Crippen molar-refractivity contribution in [1.82, 2.24) is 10.2 Å². The monoisotopic (exact) mass is 370 g/mol. The summed E-state index contributed by atoms with van der Waals surface area (Å²) in [7, 11) is 0. The van der Waals surface area contributed by atoms with Gasteiger partial charge in [0.15, 0.2) is 0 Å². The molecule has 0 saturated carbocycles. The molecule has 2 fully saturated rings. The third-order valence-electron chi connectivity index (χ3n) is 5.31. The van der Waals surface area contributed by atoms with Crippen molar-refractivity contribution in [2.75, 3.05) is 19.7 Å². The number of ether oxygens (including phenoxy) is 1. The van der Waals surface area contributed by atoms with Gasteiger partial charge in [-0.3, -0.25) is 9.69 Å². The van der Waals surface area contributed by atoms with E-state index in [0.717, 1.165) is 41.2 Å². The zero-order valence-corrected chi connectivity index (χ0v) is 15.6. The summed E-state index contributed by atoms with van der Waals surface area (Å²) in [6.45, 7) is 4.44. The molecule has 0 bridgehead atoms. The van der Waals surface area contributed by atoms with Crippen LogP contribution in [0.25, 0.3) is 0 Å². The lowest BCUT2D eigenvalue weighted by Gasteiger charge is -2.35. The van der Waals surface area contributed by atoms with Gasteiger partial charge in [-0.15, -0.1) is 0 Å². The number of halogens is 1. The number of rotatable bonds is 3. The minimum atomic E-state index is 0.00464. The third-order valence-corrected chi connectivity index (χ3v) is 5.56. The molecule has 2 aliphatic heterocycles. The summed E-state index contributed by atoms with van der Waals surface area (Å²) >= 11 is 5.97. The van der Waals surface area contributed by atoms with Crippen LogP contribution in [0.3, 0.4) is 0 Å². The molecule has 0 spiro atoms. The van der Waals surface area contributed by atoms with Crippen molar-refractivity contribution in [1.29, 1.82) is 0 Å². The minimum absolute atomic E-state index is 0.00464. The number of aryl methyl sites for hydroxylation is 1. The van der Waals surface area contributed by atoms with E-state index in [2.05, 4.69) is 10.2 Å². The molecular formula is C21H23ClN2O2. The Kier molecular flexibility index (Phi) is 4.98. The van der Waals surface area contributed by atoms with Crippen LogP contribution in [0.4, 0.5) is 0 Å². The van der Waals surface area contributed by atoms with Gasteiger partial charge in [0.2, 0.25) is 0 Å². The van der Waals surface area contributed by atoms with Crippen molar-refractivity contribution in [2.24, 2.45) is 0 Å². The molecule has 4 nitrogen and oxygen atoms in total. The van der Waals surface area contributed by atoms with E-state index in [4.69, 9.17) is 16.3 Å². The van der Waals surface area contributed by atoms with Crippen LogP contribution in [0.1, 0.15) is 34.0 Å². The van der Waals surface area contributed by atoms with Gasteiger partial charge in [0.05, 0.1) is 12.7 Å². The Morgan fingerprint density at radius 2 is 1.85 bits per heavy atom. The van der Waals surface area contributed by atoms with Crippen molar-refractivity contribution in [2.45, 2.75) is 31.5 Å². The molecule has 2 aliphatic rings. The normalized spacial score (nSPS) is 25.7. The SMILES string of the molecule is Cc1ccc(C(=O)N[C@@H]2C[C@H]3CO[C@@H](c4ccc(Cl)cc4)CN3C2)cc1. The lowest BCUT2D eigenvalue weighted by Crippen LogP contribution is -2.43. The molecule has 2 saturated heterocycles. The first kappa shape index (κ1) is 17.5. The van der Waals surface area contributed by atoms with Crippen LogP contribution >= 0.6 is 11.6 Å². The number of carbonyl (C=O) groups excluding carboxylic acids is 1. The molecule has 4 rings (SSSR count). The number of morpholine rings is 1. The number of benzene rings is 2. The molecule has 2 heterocycles. The lowest BCUT2D eigenvalue weighted by atomic mass is 10.1. The third kappa shape index (κ3) is 3.78. The second kappa shape index (κ2) is 7.39. The molecule has 1 N–H and O–H groups in total. The van der Waals surface area contributed by atoms with Gasteiger partial charge in [-0.2, -0.15) is 0 Å². The zero-order chi connectivity index (χ0) is 18.1. The van der Waals surface area contributed by atoms with E-state index in [1.54, 1.807) is 0 Å². The maximum atomic E-state index is 12.5. The fraction of sp³-hybridized carbons (Fsp3) is 0.381. The van der Waals surface area contributed by atoms with Crippen molar-refractivity contribution in [3.8, 4) is 0 Å². The number of hydrogen-bond donors (Lipinski definition) is 1. The molecule has 0 aliphatic carbocycles. The molecule has 2 aromatic rings. The molecule has 26 heavy (non-hydrogen) atoms. The Labute approximate surface area is 159 Å². The number of carbonyl (C=O) groups is 1. The maximum absolute atomic E-state index is 12.5. The summed E-state index contributed by atoms with van der Waals surface area (Å²) in [6, 6.07) is 16.1. The van der Waals surface area contributed by atoms with Crippen LogP contribution in [-0.2, 0) is 4.74 Å². The molecule has 0 radical (unpaired) electrons. The predicted molar refractivity (Wildman–Crippen MR) is 103 cm³/mol. The molecule has 3 atom stereocenters. The topological polar surface area (TPSA) is 41.6 Å². The first-order valence-corrected chi connectivity index (χ1v) is 9.45. The number of fused-ring (bicyclic) bond motifs is 1. The van der Waals surface area contributed by atoms with Gasteiger partial charge in [-0.05, 0) is 43.2 Å². The zero-order valence-electron chi connectivity index (χ0n) is 14.8. The van der Waals surface area contributed by atoms with Crippen molar-refractivity contribution < 1.29 is 9.53 Å². The maximum Gasteiger partial charge on any atom is 0.251 e. The van der Waals surface area contributed by atoms with E-state index in [1.807, 2.05) is 55.5 Å². The average Bonchev–Trinajstić information content (AvgIpc) is 3.04. The highest BCUT2D eigenvalue weighted by molar-refractivity contribution is 6.30. The Hall–Kier alpha value is -1.88. The second-order valence-electron chi connectivity index (χ2n) is 7.25. The van der Waals surface area contributed by atoms with Crippen LogP contribution in [0.15, 0.2) is 48.5 Å². The molecular weight excluding hydrogens is 348 g/mol. The summed E-state index contributed by atoms with van der Waals surface area (Å²) < 4.78 is 6.07. The number of hydrogen-bond acceptors (Lipinski definition) is 3. The quantitative estimate of drug-likeness (QED) is 0.897. The first-order valence-electron chi connectivity index (χ1n) is 9.07. The first-order chi connectivity index (χ1) is 12.6. The van der Waals surface area contributed by atoms with Crippen LogP contribution in [0.5, 0.6) is 0 Å². The van der Waals surface area contributed by atoms with E-state index >= 15 is 0 Å². The highest BCUT2D eigenvalue weighted by Crippen LogP contribution is 2.30. The van der Waals surface area contributed by atoms with Gasteiger partial charge < -0.3 is 10.1 Å². The minimum Gasteiger partial charge on any atom is -0.371 e. The van der Waals surface area contributed by atoms with E-state index < -0.39 is 0 Å². The van der Waals surface area contributed by atoms with E-state index in [-0.39, 0.29) is 18.1 Å². The summed E-state index contributed by atoms with van der Waals surface area (Å²) in [4.78, 5) is 14.9. The Morgan fingerprint density at radius 3 is 2.58 bits per heavy atom. The Bertz CT molecular complexity index is 776. The molecule has 0 aromatic heterocycles. The fourth-order valence-corrected chi connectivity index (χ4v) is 3.96. The largest absolute Gasteiger partial charge is 0.371 e. The van der Waals surface area contributed by atoms with Crippen molar-refractivity contribution in [3.05, 3.63) is 70.2 Å². The smallest absolute Gasteiger partial charge is 0.251 e. The van der Waals surface area contributed by atoms with Crippen molar-refractivity contribution >= 4 is 17.5 Å². The van der Waals surface area contributed by atoms with E-state index in [0.29, 0.717) is 12.6 Å². The average molecular weight is 371 g/mol. The van der Waals surface area contributed by atoms with Gasteiger partial charge in [-0.25, -0.2) is 0 Å². The van der Waals surface area contributed by atoms with Gasteiger partial charge >= 0.3 is 0 Å². The fourth-order valence-electron chi connectivity index (χ4n) is 3.83. The number of nitrogens with zero attached hydrogens (tertiary/aromatic N) is 1. The standard InChI is InChI=1S/C21H23ClN2O2/c1-14-2-4-16(5-3-14)21(25)23-18-10-19-13-26-20(12-24(19)11-18)15-6-8-17(22)9-7-15/h2-9,18-20H,10-13H2,1H3,(H,23,25)/t18-,19+,20-/m1/s1. The molecule has 0 unspecified atom stereocenters. The summed E-state index contributed by atoms with van der Waals surface area (Å²) in [5, 5.41) is 3.92. The second-order valence-corrected chi connectivity index (χ2v) is 7.69. The van der Waals surface area contributed by atoms with Crippen LogP contribution in [-0.4, -0.2) is 42.6 Å². The van der Waals surface area contributed by atoms with E-state index in [1.165, 1.54) is 0 Å². The molecule has 2 aromatic carbocycles. The Balaban J connectivity index is 1.36. The van der Waals surface area contributed by atoms with E-state index in [9.17, 15) is 4.79 Å². The van der Waals surface area contributed by atoms with Crippen LogP contribution in [0.2, 0.25) is 5.02 Å². The summed E-state index contributed by atoms with van der Waals surface area (Å²) in [6.07, 6.45) is 1.00. The lowest BCUT2D eigenvalue weighted by molar-refractivity contribution is -0.0502. The van der Waals surface area contributed by atoms with Gasteiger partial charge in [0.25, 0.3) is 5.91 Å². The molecule has 136 valence electrons. The molecule has 1 amide bonds. The highest BCUT2D eigenvalue weighted by Gasteiger charge is 2.38. The Morgan fingerprint density at radius 1 is 1.12 bits per heavy atom. The number of nitrogens with one attached hydrogen (secondary N) is 1.